The molecule has 1 aliphatic heterocycles. The lowest BCUT2D eigenvalue weighted by Crippen LogP contribution is -2.34. The normalized spacial score (nSPS) is 15.5. The van der Waals surface area contributed by atoms with Crippen molar-refractivity contribution >= 4 is 17.3 Å². The molecule has 0 spiro atoms. The Kier molecular flexibility index (Phi) is 5.43. The van der Waals surface area contributed by atoms with Gasteiger partial charge in [-0.2, -0.15) is 0 Å². The molecule has 1 aliphatic rings. The van der Waals surface area contributed by atoms with Gasteiger partial charge < -0.3 is 10.2 Å². The van der Waals surface area contributed by atoms with Crippen LogP contribution in [0.4, 0.5) is 11.4 Å². The summed E-state index contributed by atoms with van der Waals surface area (Å²) < 4.78 is 0. The van der Waals surface area contributed by atoms with Gasteiger partial charge in [0.2, 0.25) is 5.91 Å². The van der Waals surface area contributed by atoms with Gasteiger partial charge in [0, 0.05) is 30.4 Å². The Balaban J connectivity index is 2.13. The van der Waals surface area contributed by atoms with E-state index < -0.39 is 0 Å². The van der Waals surface area contributed by atoms with E-state index >= 15 is 0 Å². The zero-order chi connectivity index (χ0) is 15.2. The van der Waals surface area contributed by atoms with E-state index in [1.807, 2.05) is 17.9 Å². The first-order valence-corrected chi connectivity index (χ1v) is 8.00. The van der Waals surface area contributed by atoms with Gasteiger partial charge in [0.1, 0.15) is 0 Å². The van der Waals surface area contributed by atoms with Crippen LogP contribution in [-0.2, 0) is 11.2 Å². The highest BCUT2D eigenvalue weighted by atomic mass is 16.2. The number of aryl methyl sites for hydroxylation is 1. The van der Waals surface area contributed by atoms with E-state index in [2.05, 4.69) is 37.0 Å². The summed E-state index contributed by atoms with van der Waals surface area (Å²) >= 11 is 0. The van der Waals surface area contributed by atoms with Crippen LogP contribution in [0.15, 0.2) is 30.9 Å². The molecule has 0 radical (unpaired) electrons. The Morgan fingerprint density at radius 2 is 2.19 bits per heavy atom. The monoisotopic (exact) mass is 286 g/mol. The van der Waals surface area contributed by atoms with Crippen LogP contribution in [0.2, 0.25) is 0 Å². The number of carbonyl (C=O) groups excluding carboxylic acids is 1. The molecule has 1 heterocycles. The largest absolute Gasteiger partial charge is 0.382 e. The zero-order valence-electron chi connectivity index (χ0n) is 13.2. The molecule has 1 amide bonds. The highest BCUT2D eigenvalue weighted by Gasteiger charge is 2.22. The molecule has 0 fully saturated rings. The summed E-state index contributed by atoms with van der Waals surface area (Å²) in [6.07, 6.45) is 6.69. The molecule has 1 atom stereocenters. The molecule has 0 unspecified atom stereocenters. The van der Waals surface area contributed by atoms with Gasteiger partial charge in [0.15, 0.2) is 0 Å². The molecule has 0 aliphatic carbocycles. The van der Waals surface area contributed by atoms with Crippen LogP contribution in [0.5, 0.6) is 0 Å². The molecular formula is C18H26N2O. The van der Waals surface area contributed by atoms with Crippen molar-refractivity contribution in [2.75, 3.05) is 16.8 Å². The van der Waals surface area contributed by atoms with Gasteiger partial charge >= 0.3 is 0 Å². The number of anilines is 2. The summed E-state index contributed by atoms with van der Waals surface area (Å²) in [6, 6.07) is 6.87. The Morgan fingerprint density at radius 3 is 2.86 bits per heavy atom. The predicted octanol–water partition coefficient (Wildman–Crippen LogP) is 4.14. The lowest BCUT2D eigenvalue weighted by Gasteiger charge is -2.29. The third kappa shape index (κ3) is 3.66. The SMILES string of the molecule is C=CCC[C@H](CC)Nc1ccc2c(c1)CCC(=O)N2CC. The van der Waals surface area contributed by atoms with Crippen molar-refractivity contribution in [2.24, 2.45) is 0 Å². The fourth-order valence-corrected chi connectivity index (χ4v) is 2.93. The zero-order valence-corrected chi connectivity index (χ0v) is 13.2. The first kappa shape index (κ1) is 15.6. The van der Waals surface area contributed by atoms with Crippen LogP contribution in [0.3, 0.4) is 0 Å². The fraction of sp³-hybridized carbons (Fsp3) is 0.500. The van der Waals surface area contributed by atoms with Crippen LogP contribution in [-0.4, -0.2) is 18.5 Å². The summed E-state index contributed by atoms with van der Waals surface area (Å²) in [5.41, 5.74) is 3.52. The maximum absolute atomic E-state index is 11.9. The van der Waals surface area contributed by atoms with Crippen molar-refractivity contribution in [1.82, 2.24) is 0 Å². The van der Waals surface area contributed by atoms with Gasteiger partial charge in [0.05, 0.1) is 0 Å². The van der Waals surface area contributed by atoms with E-state index in [9.17, 15) is 4.79 Å². The quantitative estimate of drug-likeness (QED) is 0.764. The second-order valence-electron chi connectivity index (χ2n) is 5.60. The standard InChI is InChI=1S/C18H26N2O/c1-4-7-8-15(5-2)19-16-10-11-17-14(13-16)9-12-18(21)20(17)6-3/h4,10-11,13,15,19H,1,5-9,12H2,2-3H3/t15-/m0/s1. The molecule has 3 heteroatoms. The van der Waals surface area contributed by atoms with E-state index in [1.165, 1.54) is 5.56 Å². The predicted molar refractivity (Wildman–Crippen MR) is 89.9 cm³/mol. The number of benzene rings is 1. The Morgan fingerprint density at radius 1 is 1.38 bits per heavy atom. The Hall–Kier alpha value is -1.77. The van der Waals surface area contributed by atoms with Crippen molar-refractivity contribution in [3.63, 3.8) is 0 Å². The molecular weight excluding hydrogens is 260 g/mol. The number of amides is 1. The van der Waals surface area contributed by atoms with Gasteiger partial charge in [-0.15, -0.1) is 6.58 Å². The van der Waals surface area contributed by atoms with Crippen molar-refractivity contribution in [1.29, 1.82) is 0 Å². The second kappa shape index (κ2) is 7.30. The van der Waals surface area contributed by atoms with E-state index in [0.29, 0.717) is 12.5 Å². The van der Waals surface area contributed by atoms with Crippen LogP contribution < -0.4 is 10.2 Å². The average Bonchev–Trinajstić information content (AvgIpc) is 2.51. The third-order valence-corrected chi connectivity index (χ3v) is 4.18. The second-order valence-corrected chi connectivity index (χ2v) is 5.60. The summed E-state index contributed by atoms with van der Waals surface area (Å²) in [7, 11) is 0. The first-order valence-electron chi connectivity index (χ1n) is 8.00. The van der Waals surface area contributed by atoms with E-state index in [1.54, 1.807) is 0 Å². The van der Waals surface area contributed by atoms with Gasteiger partial charge in [-0.1, -0.05) is 13.0 Å². The first-order chi connectivity index (χ1) is 10.2. The topological polar surface area (TPSA) is 32.3 Å². The fourth-order valence-electron chi connectivity index (χ4n) is 2.93. The maximum atomic E-state index is 11.9. The molecule has 0 bridgehead atoms. The summed E-state index contributed by atoms with van der Waals surface area (Å²) in [6.45, 7) is 8.77. The Bertz CT molecular complexity index is 510. The summed E-state index contributed by atoms with van der Waals surface area (Å²) in [4.78, 5) is 13.8. The lowest BCUT2D eigenvalue weighted by molar-refractivity contribution is -0.118. The maximum Gasteiger partial charge on any atom is 0.227 e. The van der Waals surface area contributed by atoms with Crippen LogP contribution in [0.25, 0.3) is 0 Å². The smallest absolute Gasteiger partial charge is 0.227 e. The molecule has 0 saturated heterocycles. The average molecular weight is 286 g/mol. The molecule has 0 saturated carbocycles. The molecule has 1 N–H and O–H groups in total. The van der Waals surface area contributed by atoms with Crippen molar-refractivity contribution in [3.05, 3.63) is 36.4 Å². The van der Waals surface area contributed by atoms with E-state index in [-0.39, 0.29) is 5.91 Å². The molecule has 1 aromatic rings. The van der Waals surface area contributed by atoms with Crippen molar-refractivity contribution in [2.45, 2.75) is 52.0 Å². The number of rotatable bonds is 7. The lowest BCUT2D eigenvalue weighted by atomic mass is 10.00. The number of fused-ring (bicyclic) bond motifs is 1. The minimum Gasteiger partial charge on any atom is -0.382 e. The molecule has 114 valence electrons. The number of allylic oxidation sites excluding steroid dienone is 1. The molecule has 0 aromatic heterocycles. The molecule has 3 nitrogen and oxygen atoms in total. The van der Waals surface area contributed by atoms with Crippen LogP contribution >= 0.6 is 0 Å². The third-order valence-electron chi connectivity index (χ3n) is 4.18. The number of nitrogens with one attached hydrogen (secondary N) is 1. The van der Waals surface area contributed by atoms with Crippen molar-refractivity contribution in [3.8, 4) is 0 Å². The number of carbonyl (C=O) groups is 1. The van der Waals surface area contributed by atoms with E-state index in [0.717, 1.165) is 43.6 Å². The summed E-state index contributed by atoms with van der Waals surface area (Å²) in [5.74, 6) is 0.239. The number of hydrogen-bond acceptors (Lipinski definition) is 2. The highest BCUT2D eigenvalue weighted by Crippen LogP contribution is 2.30. The number of hydrogen-bond donors (Lipinski definition) is 1. The van der Waals surface area contributed by atoms with Gasteiger partial charge in [-0.05, 0) is 56.4 Å². The Labute approximate surface area is 128 Å². The van der Waals surface area contributed by atoms with Gasteiger partial charge in [-0.25, -0.2) is 0 Å². The molecule has 21 heavy (non-hydrogen) atoms. The van der Waals surface area contributed by atoms with Crippen LogP contribution in [0.1, 0.15) is 45.1 Å². The summed E-state index contributed by atoms with van der Waals surface area (Å²) in [5, 5.41) is 3.61. The van der Waals surface area contributed by atoms with Crippen LogP contribution in [0, 0.1) is 0 Å². The minimum atomic E-state index is 0.239. The van der Waals surface area contributed by atoms with Gasteiger partial charge in [-0.3, -0.25) is 4.79 Å². The number of nitrogens with zero attached hydrogens (tertiary/aromatic N) is 1. The van der Waals surface area contributed by atoms with Crippen molar-refractivity contribution < 1.29 is 4.79 Å². The highest BCUT2D eigenvalue weighted by molar-refractivity contribution is 5.96. The minimum absolute atomic E-state index is 0.239. The molecule has 2 rings (SSSR count). The molecule has 1 aromatic carbocycles. The van der Waals surface area contributed by atoms with E-state index in [4.69, 9.17) is 0 Å². The van der Waals surface area contributed by atoms with Gasteiger partial charge in [0.25, 0.3) is 0 Å².